The molecule has 0 unspecified atom stereocenters. The highest BCUT2D eigenvalue weighted by molar-refractivity contribution is 7.92. The lowest BCUT2D eigenvalue weighted by molar-refractivity contribution is -0.384. The number of halogens is 1. The van der Waals surface area contributed by atoms with Gasteiger partial charge in [-0.15, -0.1) is 0 Å². The van der Waals surface area contributed by atoms with Gasteiger partial charge in [-0.3, -0.25) is 19.2 Å². The summed E-state index contributed by atoms with van der Waals surface area (Å²) in [6.07, 6.45) is 1.38. The van der Waals surface area contributed by atoms with Crippen molar-refractivity contribution in [3.8, 4) is 0 Å². The first kappa shape index (κ1) is 19.1. The molecule has 3 rings (SSSR count). The molecule has 1 amide bonds. The predicted octanol–water partition coefficient (Wildman–Crippen LogP) is 3.43. The number of nitrogens with zero attached hydrogens (tertiary/aromatic N) is 2. The van der Waals surface area contributed by atoms with Gasteiger partial charge in [-0.2, -0.15) is 0 Å². The van der Waals surface area contributed by atoms with Gasteiger partial charge >= 0.3 is 0 Å². The van der Waals surface area contributed by atoms with Crippen molar-refractivity contribution in [2.75, 3.05) is 21.9 Å². The van der Waals surface area contributed by atoms with Gasteiger partial charge in [0, 0.05) is 24.4 Å². The summed E-state index contributed by atoms with van der Waals surface area (Å²) in [6, 6.07) is 9.93. The fraction of sp³-hybridized carbons (Fsp3) is 0.235. The lowest BCUT2D eigenvalue weighted by Gasteiger charge is -2.28. The Morgan fingerprint density at radius 2 is 1.96 bits per heavy atom. The van der Waals surface area contributed by atoms with Gasteiger partial charge in [0.2, 0.25) is 10.0 Å². The number of amides is 1. The molecular formula is C17H16ClN3O5S. The van der Waals surface area contributed by atoms with Crippen LogP contribution in [0.5, 0.6) is 0 Å². The van der Waals surface area contributed by atoms with Crippen LogP contribution in [0.4, 0.5) is 17.1 Å². The number of nitro groups is 1. The van der Waals surface area contributed by atoms with Crippen molar-refractivity contribution in [3.63, 3.8) is 0 Å². The van der Waals surface area contributed by atoms with Crippen LogP contribution in [0.2, 0.25) is 5.02 Å². The number of benzene rings is 2. The molecule has 1 heterocycles. The Labute approximate surface area is 160 Å². The molecule has 1 fully saturated rings. The van der Waals surface area contributed by atoms with E-state index in [9.17, 15) is 23.3 Å². The highest BCUT2D eigenvalue weighted by Crippen LogP contribution is 2.29. The van der Waals surface area contributed by atoms with E-state index in [1.807, 2.05) is 0 Å². The Kier molecular flexibility index (Phi) is 5.33. The molecular weight excluding hydrogens is 394 g/mol. The zero-order valence-electron chi connectivity index (χ0n) is 14.1. The van der Waals surface area contributed by atoms with Gasteiger partial charge in [0.1, 0.15) is 0 Å². The second-order valence-corrected chi connectivity index (χ2v) is 8.44. The van der Waals surface area contributed by atoms with Crippen molar-refractivity contribution in [2.45, 2.75) is 12.8 Å². The third-order valence-electron chi connectivity index (χ3n) is 4.15. The quantitative estimate of drug-likeness (QED) is 0.614. The third kappa shape index (κ3) is 4.20. The smallest absolute Gasteiger partial charge is 0.271 e. The topological polar surface area (TPSA) is 110 Å². The van der Waals surface area contributed by atoms with Gasteiger partial charge in [-0.05, 0) is 37.1 Å². The Balaban J connectivity index is 1.82. The molecule has 1 saturated heterocycles. The molecule has 2 aromatic rings. The summed E-state index contributed by atoms with van der Waals surface area (Å²) in [5.74, 6) is -0.465. The highest BCUT2D eigenvalue weighted by atomic mass is 35.5. The first-order valence-electron chi connectivity index (χ1n) is 8.14. The van der Waals surface area contributed by atoms with E-state index in [0.717, 1.165) is 6.42 Å². The van der Waals surface area contributed by atoms with E-state index in [1.54, 1.807) is 0 Å². The minimum Gasteiger partial charge on any atom is -0.322 e. The van der Waals surface area contributed by atoms with Crippen LogP contribution in [0.3, 0.4) is 0 Å². The van der Waals surface area contributed by atoms with Crippen molar-refractivity contribution in [3.05, 3.63) is 63.2 Å². The fourth-order valence-electron chi connectivity index (χ4n) is 2.82. The maximum absolute atomic E-state index is 12.4. The fourth-order valence-corrected chi connectivity index (χ4v) is 4.71. The third-order valence-corrected chi connectivity index (χ3v) is 6.33. The largest absolute Gasteiger partial charge is 0.322 e. The first-order chi connectivity index (χ1) is 12.8. The van der Waals surface area contributed by atoms with Crippen LogP contribution >= 0.6 is 11.6 Å². The maximum atomic E-state index is 12.4. The van der Waals surface area contributed by atoms with Crippen LogP contribution in [0.25, 0.3) is 0 Å². The number of nitro benzene ring substituents is 1. The standard InChI is InChI=1S/C17H16ClN3O5S/c18-16-11-13(20-8-1-2-9-27(20,25)26)6-7-15(16)17(22)19-12-4-3-5-14(10-12)21(23)24/h3-7,10-11H,1-2,8-9H2,(H,19,22). The van der Waals surface area contributed by atoms with Gasteiger partial charge in [0.15, 0.2) is 0 Å². The molecule has 1 aliphatic heterocycles. The van der Waals surface area contributed by atoms with E-state index in [0.29, 0.717) is 18.7 Å². The molecule has 0 spiro atoms. The molecule has 1 N–H and O–H groups in total. The average molecular weight is 410 g/mol. The molecule has 2 aromatic carbocycles. The number of carbonyl (C=O) groups excluding carboxylic acids is 1. The summed E-state index contributed by atoms with van der Waals surface area (Å²) in [5.41, 5.74) is 0.658. The van der Waals surface area contributed by atoms with Crippen molar-refractivity contribution in [1.82, 2.24) is 0 Å². The number of nitrogens with one attached hydrogen (secondary N) is 1. The molecule has 0 aliphatic carbocycles. The minimum absolute atomic E-state index is 0.0830. The zero-order chi connectivity index (χ0) is 19.6. The molecule has 27 heavy (non-hydrogen) atoms. The number of rotatable bonds is 4. The molecule has 142 valence electrons. The maximum Gasteiger partial charge on any atom is 0.271 e. The van der Waals surface area contributed by atoms with E-state index >= 15 is 0 Å². The van der Waals surface area contributed by atoms with E-state index in [2.05, 4.69) is 5.32 Å². The van der Waals surface area contributed by atoms with Crippen molar-refractivity contribution >= 4 is 44.6 Å². The molecule has 0 aromatic heterocycles. The molecule has 0 bridgehead atoms. The SMILES string of the molecule is O=C(Nc1cccc([N+](=O)[O-])c1)c1ccc(N2CCCCS2(=O)=O)cc1Cl. The number of hydrogen-bond donors (Lipinski definition) is 1. The molecule has 10 heteroatoms. The number of carbonyl (C=O) groups is 1. The summed E-state index contributed by atoms with van der Waals surface area (Å²) in [7, 11) is -3.38. The Bertz CT molecular complexity index is 1010. The molecule has 0 atom stereocenters. The van der Waals surface area contributed by atoms with Gasteiger partial charge in [0.25, 0.3) is 11.6 Å². The zero-order valence-corrected chi connectivity index (χ0v) is 15.7. The van der Waals surface area contributed by atoms with Crippen molar-refractivity contribution in [2.24, 2.45) is 0 Å². The second-order valence-electron chi connectivity index (χ2n) is 6.02. The lowest BCUT2D eigenvalue weighted by Crippen LogP contribution is -2.37. The van der Waals surface area contributed by atoms with E-state index in [4.69, 9.17) is 11.6 Å². The molecule has 1 aliphatic rings. The average Bonchev–Trinajstić information content (AvgIpc) is 2.61. The summed E-state index contributed by atoms with van der Waals surface area (Å²) in [5, 5.41) is 13.5. The van der Waals surface area contributed by atoms with Crippen molar-refractivity contribution < 1.29 is 18.1 Å². The molecule has 8 nitrogen and oxygen atoms in total. The second kappa shape index (κ2) is 7.53. The lowest BCUT2D eigenvalue weighted by atomic mass is 10.1. The molecule has 0 saturated carbocycles. The Morgan fingerprint density at radius 1 is 1.19 bits per heavy atom. The monoisotopic (exact) mass is 409 g/mol. The number of anilines is 2. The number of non-ortho nitro benzene ring substituents is 1. The Hall–Kier alpha value is -2.65. The predicted molar refractivity (Wildman–Crippen MR) is 103 cm³/mol. The van der Waals surface area contributed by atoms with Crippen LogP contribution in [0, 0.1) is 10.1 Å². The van der Waals surface area contributed by atoms with Crippen LogP contribution < -0.4 is 9.62 Å². The van der Waals surface area contributed by atoms with Gasteiger partial charge < -0.3 is 5.32 Å². The van der Waals surface area contributed by atoms with E-state index < -0.39 is 20.9 Å². The number of sulfonamides is 1. The summed E-state index contributed by atoms with van der Waals surface area (Å²) in [4.78, 5) is 22.7. The van der Waals surface area contributed by atoms with Crippen LogP contribution in [-0.4, -0.2) is 31.5 Å². The summed E-state index contributed by atoms with van der Waals surface area (Å²) in [6.45, 7) is 0.373. The normalized spacial score (nSPS) is 16.0. The highest BCUT2D eigenvalue weighted by Gasteiger charge is 2.26. The Morgan fingerprint density at radius 3 is 2.63 bits per heavy atom. The van der Waals surface area contributed by atoms with Crippen LogP contribution in [0.1, 0.15) is 23.2 Å². The minimum atomic E-state index is -3.38. The van der Waals surface area contributed by atoms with Crippen molar-refractivity contribution in [1.29, 1.82) is 0 Å². The number of hydrogen-bond acceptors (Lipinski definition) is 5. The van der Waals surface area contributed by atoms with E-state index in [1.165, 1.54) is 46.8 Å². The van der Waals surface area contributed by atoms with Gasteiger partial charge in [-0.1, -0.05) is 17.7 Å². The van der Waals surface area contributed by atoms with Crippen LogP contribution in [-0.2, 0) is 10.0 Å². The van der Waals surface area contributed by atoms with Crippen LogP contribution in [0.15, 0.2) is 42.5 Å². The van der Waals surface area contributed by atoms with Gasteiger partial charge in [0.05, 0.1) is 26.9 Å². The van der Waals surface area contributed by atoms with E-state index in [-0.39, 0.29) is 27.7 Å². The summed E-state index contributed by atoms with van der Waals surface area (Å²) < 4.78 is 25.7. The summed E-state index contributed by atoms with van der Waals surface area (Å²) >= 11 is 6.19. The molecule has 0 radical (unpaired) electrons. The first-order valence-corrected chi connectivity index (χ1v) is 10.1. The van der Waals surface area contributed by atoms with Gasteiger partial charge in [-0.25, -0.2) is 8.42 Å².